The average Bonchev–Trinajstić information content (AvgIpc) is 2.42. The van der Waals surface area contributed by atoms with Crippen molar-refractivity contribution >= 4 is 28.0 Å². The number of hydrogen-bond acceptors (Lipinski definition) is 3. The number of nitrogens with zero attached hydrogens (tertiary/aromatic N) is 1. The number of nitrogens with one attached hydrogen (secondary N) is 1. The molecular formula is C17H16FN3. The van der Waals surface area contributed by atoms with E-state index in [9.17, 15) is 4.39 Å². The van der Waals surface area contributed by atoms with E-state index in [2.05, 4.69) is 10.3 Å². The maximum atomic E-state index is 13.2. The molecule has 0 spiro atoms. The lowest BCUT2D eigenvalue weighted by Gasteiger charge is -2.13. The molecule has 0 amide bonds. The van der Waals surface area contributed by atoms with E-state index in [0.717, 1.165) is 33.5 Å². The van der Waals surface area contributed by atoms with Gasteiger partial charge in [-0.2, -0.15) is 0 Å². The Morgan fingerprint density at radius 2 is 1.81 bits per heavy atom. The van der Waals surface area contributed by atoms with Crippen LogP contribution in [0.5, 0.6) is 0 Å². The van der Waals surface area contributed by atoms with Crippen LogP contribution in [0.1, 0.15) is 11.3 Å². The summed E-state index contributed by atoms with van der Waals surface area (Å²) in [5.74, 6) is -0.238. The Kier molecular flexibility index (Phi) is 3.22. The largest absolute Gasteiger partial charge is 0.399 e. The third-order valence-corrected chi connectivity index (χ3v) is 3.42. The number of fused-ring (bicyclic) bond motifs is 1. The van der Waals surface area contributed by atoms with Crippen LogP contribution in [-0.2, 0) is 0 Å². The molecule has 0 saturated carbocycles. The molecule has 3 rings (SSSR count). The molecule has 106 valence electrons. The number of halogens is 1. The van der Waals surface area contributed by atoms with Crippen molar-refractivity contribution in [3.63, 3.8) is 0 Å². The topological polar surface area (TPSA) is 50.9 Å². The molecule has 4 heteroatoms. The van der Waals surface area contributed by atoms with Gasteiger partial charge in [0.2, 0.25) is 0 Å². The highest BCUT2D eigenvalue weighted by Gasteiger charge is 2.07. The van der Waals surface area contributed by atoms with E-state index in [0.29, 0.717) is 5.69 Å². The lowest BCUT2D eigenvalue weighted by Crippen LogP contribution is -1.97. The molecule has 2 aromatic carbocycles. The minimum absolute atomic E-state index is 0.238. The van der Waals surface area contributed by atoms with Gasteiger partial charge in [-0.25, -0.2) is 4.39 Å². The van der Waals surface area contributed by atoms with E-state index in [4.69, 9.17) is 5.73 Å². The standard InChI is InChI=1S/C17H16FN3/c1-10-7-12(18)3-5-15(10)21-17-8-11(2)20-16-6-4-13(19)9-14(16)17/h3-9H,19H2,1-2H3,(H,20,21). The zero-order chi connectivity index (χ0) is 15.0. The first-order valence-electron chi connectivity index (χ1n) is 6.73. The van der Waals surface area contributed by atoms with Gasteiger partial charge in [-0.1, -0.05) is 0 Å². The zero-order valence-corrected chi connectivity index (χ0v) is 11.9. The second-order valence-electron chi connectivity index (χ2n) is 5.17. The Bertz CT molecular complexity index is 828. The van der Waals surface area contributed by atoms with Crippen LogP contribution in [-0.4, -0.2) is 4.98 Å². The summed E-state index contributed by atoms with van der Waals surface area (Å²) in [7, 11) is 0. The van der Waals surface area contributed by atoms with Crippen molar-refractivity contribution in [3.05, 3.63) is 59.5 Å². The molecule has 3 N–H and O–H groups in total. The molecule has 0 fully saturated rings. The fourth-order valence-corrected chi connectivity index (χ4v) is 2.39. The molecule has 0 bridgehead atoms. The number of nitrogens with two attached hydrogens (primary N) is 1. The van der Waals surface area contributed by atoms with Crippen LogP contribution in [0, 0.1) is 19.7 Å². The van der Waals surface area contributed by atoms with Gasteiger partial charge in [-0.05, 0) is 61.9 Å². The van der Waals surface area contributed by atoms with E-state index in [1.165, 1.54) is 12.1 Å². The molecule has 3 aromatic rings. The minimum Gasteiger partial charge on any atom is -0.399 e. The van der Waals surface area contributed by atoms with Crippen molar-refractivity contribution in [3.8, 4) is 0 Å². The maximum Gasteiger partial charge on any atom is 0.123 e. The lowest BCUT2D eigenvalue weighted by atomic mass is 10.1. The molecule has 3 nitrogen and oxygen atoms in total. The molecule has 0 aliphatic heterocycles. The molecule has 0 saturated heterocycles. The van der Waals surface area contributed by atoms with Crippen LogP contribution < -0.4 is 11.1 Å². The second kappa shape index (κ2) is 5.05. The molecule has 0 unspecified atom stereocenters. The number of nitrogen functional groups attached to an aromatic ring is 1. The van der Waals surface area contributed by atoms with Gasteiger partial charge < -0.3 is 11.1 Å². The van der Waals surface area contributed by atoms with Gasteiger partial charge in [0.15, 0.2) is 0 Å². The molecule has 1 aromatic heterocycles. The summed E-state index contributed by atoms with van der Waals surface area (Å²) in [5.41, 5.74) is 11.0. The molecule has 0 aliphatic carbocycles. The van der Waals surface area contributed by atoms with E-state index >= 15 is 0 Å². The van der Waals surface area contributed by atoms with Gasteiger partial charge in [0.05, 0.1) is 5.52 Å². The van der Waals surface area contributed by atoms with Crippen LogP contribution >= 0.6 is 0 Å². The van der Waals surface area contributed by atoms with Gasteiger partial charge in [-0.3, -0.25) is 4.98 Å². The summed E-state index contributed by atoms with van der Waals surface area (Å²) in [6.45, 7) is 3.81. The quantitative estimate of drug-likeness (QED) is 0.688. The Morgan fingerprint density at radius 3 is 2.57 bits per heavy atom. The summed E-state index contributed by atoms with van der Waals surface area (Å²) >= 11 is 0. The first-order valence-corrected chi connectivity index (χ1v) is 6.73. The first kappa shape index (κ1) is 13.4. The molecule has 0 aliphatic rings. The van der Waals surface area contributed by atoms with Crippen LogP contribution in [0.4, 0.5) is 21.5 Å². The van der Waals surface area contributed by atoms with Crippen molar-refractivity contribution in [2.75, 3.05) is 11.1 Å². The van der Waals surface area contributed by atoms with E-state index < -0.39 is 0 Å². The second-order valence-corrected chi connectivity index (χ2v) is 5.17. The predicted molar refractivity (Wildman–Crippen MR) is 85.3 cm³/mol. The van der Waals surface area contributed by atoms with Gasteiger partial charge in [0.1, 0.15) is 5.82 Å². The number of pyridine rings is 1. The Morgan fingerprint density at radius 1 is 1.00 bits per heavy atom. The number of rotatable bonds is 2. The zero-order valence-electron chi connectivity index (χ0n) is 11.9. The highest BCUT2D eigenvalue weighted by Crippen LogP contribution is 2.29. The van der Waals surface area contributed by atoms with Crippen molar-refractivity contribution in [1.29, 1.82) is 0 Å². The smallest absolute Gasteiger partial charge is 0.123 e. The SMILES string of the molecule is Cc1cc(Nc2ccc(F)cc2C)c2cc(N)ccc2n1. The number of aromatic nitrogens is 1. The Balaban J connectivity index is 2.13. The summed E-state index contributed by atoms with van der Waals surface area (Å²) < 4.78 is 13.2. The average molecular weight is 281 g/mol. The molecule has 0 atom stereocenters. The maximum absolute atomic E-state index is 13.2. The monoisotopic (exact) mass is 281 g/mol. The van der Waals surface area contributed by atoms with E-state index in [-0.39, 0.29) is 5.82 Å². The molecule has 21 heavy (non-hydrogen) atoms. The van der Waals surface area contributed by atoms with Crippen LogP contribution in [0.3, 0.4) is 0 Å². The summed E-state index contributed by atoms with van der Waals surface area (Å²) in [4.78, 5) is 4.50. The highest BCUT2D eigenvalue weighted by molar-refractivity contribution is 5.95. The van der Waals surface area contributed by atoms with Gasteiger partial charge >= 0.3 is 0 Å². The normalized spacial score (nSPS) is 10.8. The molecular weight excluding hydrogens is 265 g/mol. The third kappa shape index (κ3) is 2.65. The summed E-state index contributed by atoms with van der Waals surface area (Å²) in [6.07, 6.45) is 0. The third-order valence-electron chi connectivity index (χ3n) is 3.42. The van der Waals surface area contributed by atoms with E-state index in [1.54, 1.807) is 6.07 Å². The highest BCUT2D eigenvalue weighted by atomic mass is 19.1. The van der Waals surface area contributed by atoms with Crippen molar-refractivity contribution in [2.45, 2.75) is 13.8 Å². The minimum atomic E-state index is -0.238. The van der Waals surface area contributed by atoms with Crippen LogP contribution in [0.2, 0.25) is 0 Å². The van der Waals surface area contributed by atoms with Crippen molar-refractivity contribution < 1.29 is 4.39 Å². The molecule has 0 radical (unpaired) electrons. The van der Waals surface area contributed by atoms with Crippen molar-refractivity contribution in [1.82, 2.24) is 4.98 Å². The number of aryl methyl sites for hydroxylation is 2. The van der Waals surface area contributed by atoms with Crippen LogP contribution in [0.15, 0.2) is 42.5 Å². The van der Waals surface area contributed by atoms with E-state index in [1.807, 2.05) is 38.1 Å². The first-order chi connectivity index (χ1) is 10.0. The summed E-state index contributed by atoms with van der Waals surface area (Å²) in [5, 5.41) is 4.30. The fraction of sp³-hybridized carbons (Fsp3) is 0.118. The van der Waals surface area contributed by atoms with Crippen LogP contribution in [0.25, 0.3) is 10.9 Å². The van der Waals surface area contributed by atoms with Gasteiger partial charge in [-0.15, -0.1) is 0 Å². The fourth-order valence-electron chi connectivity index (χ4n) is 2.39. The number of anilines is 3. The number of hydrogen-bond donors (Lipinski definition) is 2. The van der Waals surface area contributed by atoms with Gasteiger partial charge in [0, 0.05) is 28.1 Å². The Labute approximate surface area is 122 Å². The summed E-state index contributed by atoms with van der Waals surface area (Å²) in [6, 6.07) is 12.3. The lowest BCUT2D eigenvalue weighted by molar-refractivity contribution is 0.627. The van der Waals surface area contributed by atoms with Gasteiger partial charge in [0.25, 0.3) is 0 Å². The molecule has 1 heterocycles. The Hall–Kier alpha value is -2.62. The number of benzene rings is 2. The van der Waals surface area contributed by atoms with Crippen molar-refractivity contribution in [2.24, 2.45) is 0 Å². The predicted octanol–water partition coefficient (Wildman–Crippen LogP) is 4.32.